The summed E-state index contributed by atoms with van der Waals surface area (Å²) in [6, 6.07) is 6.55. The Hall–Kier alpha value is -0.860. The van der Waals surface area contributed by atoms with E-state index in [0.717, 1.165) is 24.8 Å². The summed E-state index contributed by atoms with van der Waals surface area (Å²) in [6.45, 7) is 8.67. The third-order valence-electron chi connectivity index (χ3n) is 6.54. The molecule has 0 aliphatic heterocycles. The second kappa shape index (κ2) is 5.07. The third kappa shape index (κ3) is 2.32. The number of hydrogen-bond acceptors (Lipinski definition) is 2. The highest BCUT2D eigenvalue weighted by Crippen LogP contribution is 2.57. The summed E-state index contributed by atoms with van der Waals surface area (Å²) in [5, 5.41) is 20.2. The number of aryl methyl sites for hydroxylation is 1. The molecular weight excluding hydrogens is 272 g/mol. The molecule has 3 atom stereocenters. The zero-order chi connectivity index (χ0) is 16.2. The molecule has 1 aromatic carbocycles. The molecule has 1 saturated carbocycles. The van der Waals surface area contributed by atoms with E-state index >= 15 is 0 Å². The Labute approximate surface area is 134 Å². The van der Waals surface area contributed by atoms with Crippen molar-refractivity contribution < 1.29 is 10.2 Å². The van der Waals surface area contributed by atoms with E-state index in [0.29, 0.717) is 12.5 Å². The van der Waals surface area contributed by atoms with Crippen LogP contribution in [-0.4, -0.2) is 16.8 Å². The summed E-state index contributed by atoms with van der Waals surface area (Å²) in [7, 11) is 0. The molecule has 0 saturated heterocycles. The van der Waals surface area contributed by atoms with Gasteiger partial charge in [-0.15, -0.1) is 0 Å². The molecule has 0 amide bonds. The summed E-state index contributed by atoms with van der Waals surface area (Å²) in [5.41, 5.74) is 3.31. The Morgan fingerprint density at radius 3 is 2.59 bits per heavy atom. The van der Waals surface area contributed by atoms with Gasteiger partial charge in [-0.3, -0.25) is 0 Å². The number of rotatable bonds is 2. The van der Waals surface area contributed by atoms with Crippen LogP contribution < -0.4 is 0 Å². The molecule has 0 spiro atoms. The molecule has 0 heterocycles. The normalized spacial score (nSPS) is 34.9. The minimum atomic E-state index is -0.779. The molecule has 1 aromatic rings. The van der Waals surface area contributed by atoms with Crippen molar-refractivity contribution >= 4 is 0 Å². The van der Waals surface area contributed by atoms with Gasteiger partial charge in [0.05, 0.1) is 5.60 Å². The summed E-state index contributed by atoms with van der Waals surface area (Å²) < 4.78 is 0. The summed E-state index contributed by atoms with van der Waals surface area (Å²) in [4.78, 5) is 0. The maximum atomic E-state index is 10.3. The van der Waals surface area contributed by atoms with Crippen molar-refractivity contribution in [3.8, 4) is 0 Å². The molecule has 22 heavy (non-hydrogen) atoms. The van der Waals surface area contributed by atoms with Crippen LogP contribution in [0.2, 0.25) is 0 Å². The number of fused-ring (bicyclic) bond motifs is 3. The van der Waals surface area contributed by atoms with Gasteiger partial charge >= 0.3 is 0 Å². The highest BCUT2D eigenvalue weighted by molar-refractivity contribution is 5.42. The molecule has 2 N–H and O–H groups in total. The Morgan fingerprint density at radius 1 is 1.23 bits per heavy atom. The van der Waals surface area contributed by atoms with E-state index < -0.39 is 5.60 Å². The van der Waals surface area contributed by atoms with E-state index in [1.807, 2.05) is 13.8 Å². The van der Waals surface area contributed by atoms with Crippen LogP contribution >= 0.6 is 0 Å². The molecule has 2 heteroatoms. The summed E-state index contributed by atoms with van der Waals surface area (Å²) in [6.07, 6.45) is 5.75. The van der Waals surface area contributed by atoms with Crippen molar-refractivity contribution in [3.05, 3.63) is 34.9 Å². The van der Waals surface area contributed by atoms with Gasteiger partial charge in [0.25, 0.3) is 0 Å². The van der Waals surface area contributed by atoms with Crippen LogP contribution in [0.5, 0.6) is 0 Å². The van der Waals surface area contributed by atoms with Gasteiger partial charge in [0.1, 0.15) is 0 Å². The quantitative estimate of drug-likeness (QED) is 0.869. The molecule has 0 bridgehead atoms. The third-order valence-corrected chi connectivity index (χ3v) is 6.54. The molecule has 0 unspecified atom stereocenters. The molecule has 3 rings (SSSR count). The first-order chi connectivity index (χ1) is 10.2. The molecule has 2 aliphatic rings. The number of benzene rings is 1. The van der Waals surface area contributed by atoms with Crippen molar-refractivity contribution in [2.75, 3.05) is 6.61 Å². The highest BCUT2D eigenvalue weighted by Gasteiger charge is 2.51. The van der Waals surface area contributed by atoms with Crippen LogP contribution in [0.15, 0.2) is 18.2 Å². The fourth-order valence-corrected chi connectivity index (χ4v) is 5.19. The number of aliphatic hydroxyl groups is 2. The first-order valence-electron chi connectivity index (χ1n) is 8.68. The van der Waals surface area contributed by atoms with E-state index in [4.69, 9.17) is 0 Å². The largest absolute Gasteiger partial charge is 0.396 e. The Morgan fingerprint density at radius 2 is 1.95 bits per heavy atom. The smallest absolute Gasteiger partial charge is 0.0840 e. The lowest BCUT2D eigenvalue weighted by atomic mass is 9.50. The average Bonchev–Trinajstić information content (AvgIpc) is 2.45. The van der Waals surface area contributed by atoms with Gasteiger partial charge in [0, 0.05) is 6.61 Å². The maximum absolute atomic E-state index is 10.3. The minimum absolute atomic E-state index is 0.0552. The Kier molecular flexibility index (Phi) is 3.69. The van der Waals surface area contributed by atoms with E-state index in [1.165, 1.54) is 24.0 Å². The van der Waals surface area contributed by atoms with Crippen molar-refractivity contribution in [1.29, 1.82) is 0 Å². The lowest BCUT2D eigenvalue weighted by molar-refractivity contribution is -0.0179. The average molecular weight is 302 g/mol. The van der Waals surface area contributed by atoms with Crippen molar-refractivity contribution in [3.63, 3.8) is 0 Å². The molecule has 1 fully saturated rings. The first kappa shape index (κ1) is 16.0. The van der Waals surface area contributed by atoms with E-state index in [9.17, 15) is 10.2 Å². The zero-order valence-electron chi connectivity index (χ0n) is 14.4. The van der Waals surface area contributed by atoms with Gasteiger partial charge in [-0.25, -0.2) is 0 Å². The number of hydrogen-bond donors (Lipinski definition) is 2. The fraction of sp³-hybridized carbons (Fsp3) is 0.700. The van der Waals surface area contributed by atoms with Crippen LogP contribution in [0.25, 0.3) is 0 Å². The van der Waals surface area contributed by atoms with Gasteiger partial charge in [-0.2, -0.15) is 0 Å². The monoisotopic (exact) mass is 302 g/mol. The topological polar surface area (TPSA) is 40.5 Å². The first-order valence-corrected chi connectivity index (χ1v) is 8.68. The Balaban J connectivity index is 2.06. The molecule has 2 aliphatic carbocycles. The van der Waals surface area contributed by atoms with Crippen LogP contribution in [0, 0.1) is 11.3 Å². The zero-order valence-corrected chi connectivity index (χ0v) is 14.4. The molecule has 122 valence electrons. The highest BCUT2D eigenvalue weighted by atomic mass is 16.3. The van der Waals surface area contributed by atoms with E-state index in [-0.39, 0.29) is 10.8 Å². The molecule has 2 nitrogen and oxygen atoms in total. The minimum Gasteiger partial charge on any atom is -0.396 e. The molecule has 0 aromatic heterocycles. The lowest BCUT2D eigenvalue weighted by Crippen LogP contribution is -2.50. The fourth-order valence-electron chi connectivity index (χ4n) is 5.19. The number of aliphatic hydroxyl groups excluding tert-OH is 1. The van der Waals surface area contributed by atoms with Crippen LogP contribution in [-0.2, 0) is 17.4 Å². The SMILES string of the molecule is CC(C)(O)c1ccc2c(c1)CC[C@@H]1[C@@](C)(CO)CCC[C@]21C. The van der Waals surface area contributed by atoms with Crippen LogP contribution in [0.3, 0.4) is 0 Å². The predicted octanol–water partition coefficient (Wildman–Crippen LogP) is 3.92. The molecule has 0 radical (unpaired) electrons. The van der Waals surface area contributed by atoms with Gasteiger partial charge in [-0.1, -0.05) is 38.5 Å². The van der Waals surface area contributed by atoms with Gasteiger partial charge in [0.15, 0.2) is 0 Å². The van der Waals surface area contributed by atoms with Crippen molar-refractivity contribution in [2.24, 2.45) is 11.3 Å². The second-order valence-electron chi connectivity index (χ2n) is 8.61. The summed E-state index contributed by atoms with van der Waals surface area (Å²) >= 11 is 0. The second-order valence-corrected chi connectivity index (χ2v) is 8.61. The van der Waals surface area contributed by atoms with Gasteiger partial charge in [-0.05, 0) is 73.0 Å². The summed E-state index contributed by atoms with van der Waals surface area (Å²) in [5.74, 6) is 0.555. The van der Waals surface area contributed by atoms with Gasteiger partial charge in [0.2, 0.25) is 0 Å². The van der Waals surface area contributed by atoms with Crippen molar-refractivity contribution in [2.45, 2.75) is 70.8 Å². The lowest BCUT2D eigenvalue weighted by Gasteiger charge is -2.55. The van der Waals surface area contributed by atoms with E-state index in [1.54, 1.807) is 0 Å². The van der Waals surface area contributed by atoms with E-state index in [2.05, 4.69) is 32.0 Å². The van der Waals surface area contributed by atoms with Crippen LogP contribution in [0.1, 0.15) is 70.1 Å². The standard InChI is InChI=1S/C20H30O2/c1-18(2,22)15-7-8-16-14(12-15)6-9-17-19(3,13-21)10-5-11-20(16,17)4/h7-8,12,17,21-22H,5-6,9-11,13H2,1-4H3/t17-,19-,20-/m1/s1. The van der Waals surface area contributed by atoms with Crippen LogP contribution in [0.4, 0.5) is 0 Å². The van der Waals surface area contributed by atoms with Crippen molar-refractivity contribution in [1.82, 2.24) is 0 Å². The predicted molar refractivity (Wildman–Crippen MR) is 89.9 cm³/mol. The maximum Gasteiger partial charge on any atom is 0.0840 e. The Bertz CT molecular complexity index is 572. The van der Waals surface area contributed by atoms with Gasteiger partial charge < -0.3 is 10.2 Å². The molecular formula is C20H30O2.